The molecule has 1 aromatic rings. The number of aromatic nitrogens is 2. The number of nitrogens with zero attached hydrogens (tertiary/aromatic N) is 3. The van der Waals surface area contributed by atoms with Gasteiger partial charge in [-0.05, 0) is 11.8 Å². The third-order valence-corrected chi connectivity index (χ3v) is 2.16. The number of rotatable bonds is 4. The Morgan fingerprint density at radius 3 is 2.81 bits per heavy atom. The highest BCUT2D eigenvalue weighted by atomic mass is 16.6. The van der Waals surface area contributed by atoms with E-state index in [-0.39, 0.29) is 24.2 Å². The molecule has 0 spiro atoms. The molecule has 0 aromatic carbocycles. The number of hydrogen-bond acceptors (Lipinski definition) is 5. The van der Waals surface area contributed by atoms with E-state index in [0.717, 1.165) is 0 Å². The number of nitro groups is 1. The molecule has 1 aromatic heterocycles. The van der Waals surface area contributed by atoms with Gasteiger partial charge < -0.3 is 14.9 Å². The van der Waals surface area contributed by atoms with Crippen molar-refractivity contribution < 1.29 is 14.5 Å². The van der Waals surface area contributed by atoms with Crippen LogP contribution in [0.5, 0.6) is 0 Å². The minimum atomic E-state index is -0.547. The van der Waals surface area contributed by atoms with E-state index < -0.39 is 4.92 Å². The van der Waals surface area contributed by atoms with Gasteiger partial charge in [0.15, 0.2) is 0 Å². The van der Waals surface area contributed by atoms with Crippen LogP contribution in [0.1, 0.15) is 12.5 Å². The Morgan fingerprint density at radius 1 is 1.75 bits per heavy atom. The summed E-state index contributed by atoms with van der Waals surface area (Å²) < 4.78 is 5.94. The van der Waals surface area contributed by atoms with Crippen molar-refractivity contribution in [3.8, 4) is 0 Å². The number of carbonyl (C=O) groups is 1. The Hall–Kier alpha value is -1.92. The molecule has 0 aliphatic carbocycles. The van der Waals surface area contributed by atoms with Gasteiger partial charge in [0.05, 0.1) is 36.4 Å². The van der Waals surface area contributed by atoms with Crippen molar-refractivity contribution >= 4 is 11.8 Å². The van der Waals surface area contributed by atoms with Gasteiger partial charge >= 0.3 is 11.8 Å². The van der Waals surface area contributed by atoms with Gasteiger partial charge in [-0.3, -0.25) is 4.79 Å². The largest absolute Gasteiger partial charge is 0.469 e. The van der Waals surface area contributed by atoms with Crippen LogP contribution >= 0.6 is 0 Å². The van der Waals surface area contributed by atoms with Crippen molar-refractivity contribution in [1.82, 2.24) is 9.78 Å². The zero-order valence-electron chi connectivity index (χ0n) is 9.34. The molecule has 16 heavy (non-hydrogen) atoms. The molecule has 1 heterocycles. The summed E-state index contributed by atoms with van der Waals surface area (Å²) in [5, 5.41) is 14.3. The average Bonchev–Trinajstić information content (AvgIpc) is 2.58. The molecular weight excluding hydrogens is 214 g/mol. The number of esters is 1. The quantitative estimate of drug-likeness (QED) is 0.433. The molecule has 0 bridgehead atoms. The summed E-state index contributed by atoms with van der Waals surface area (Å²) in [6, 6.07) is 0. The summed E-state index contributed by atoms with van der Waals surface area (Å²) in [7, 11) is 1.30. The van der Waals surface area contributed by atoms with Crippen LogP contribution in [0.15, 0.2) is 6.20 Å². The molecule has 7 nitrogen and oxygen atoms in total. The number of carbonyl (C=O) groups excluding carboxylic acids is 1. The van der Waals surface area contributed by atoms with Gasteiger partial charge in [-0.1, -0.05) is 6.92 Å². The van der Waals surface area contributed by atoms with E-state index >= 15 is 0 Å². The monoisotopic (exact) mass is 227 g/mol. The molecule has 0 N–H and O–H groups in total. The molecule has 0 saturated heterocycles. The van der Waals surface area contributed by atoms with Crippen LogP contribution in [0.3, 0.4) is 0 Å². The van der Waals surface area contributed by atoms with E-state index in [1.54, 1.807) is 13.8 Å². The van der Waals surface area contributed by atoms with E-state index in [9.17, 15) is 14.9 Å². The van der Waals surface area contributed by atoms with Gasteiger partial charge in [0.2, 0.25) is 0 Å². The fourth-order valence-corrected chi connectivity index (χ4v) is 1.34. The first-order valence-corrected chi connectivity index (χ1v) is 4.72. The molecule has 88 valence electrons. The number of ether oxygens (including phenoxy) is 1. The van der Waals surface area contributed by atoms with Crippen molar-refractivity contribution in [3.05, 3.63) is 21.9 Å². The number of hydrogen-bond donors (Lipinski definition) is 0. The Bertz CT molecular complexity index is 413. The van der Waals surface area contributed by atoms with Gasteiger partial charge in [0, 0.05) is 0 Å². The summed E-state index contributed by atoms with van der Waals surface area (Å²) in [6.45, 7) is 3.54. The Labute approximate surface area is 92.2 Å². The highest BCUT2D eigenvalue weighted by Crippen LogP contribution is 2.15. The molecule has 0 amide bonds. The van der Waals surface area contributed by atoms with Crippen LogP contribution in [-0.2, 0) is 16.1 Å². The maximum absolute atomic E-state index is 11.1. The second-order valence-electron chi connectivity index (χ2n) is 3.54. The van der Waals surface area contributed by atoms with Gasteiger partial charge in [-0.25, -0.2) is 0 Å². The molecule has 1 unspecified atom stereocenters. The maximum atomic E-state index is 11.1. The Kier molecular flexibility index (Phi) is 3.60. The van der Waals surface area contributed by atoms with Gasteiger partial charge in [-0.2, -0.15) is 4.68 Å². The third kappa shape index (κ3) is 2.56. The number of methoxy groups -OCH3 is 1. The maximum Gasteiger partial charge on any atom is 0.392 e. The lowest BCUT2D eigenvalue weighted by molar-refractivity contribution is -0.390. The first-order valence-electron chi connectivity index (χ1n) is 4.72. The molecule has 1 rings (SSSR count). The van der Waals surface area contributed by atoms with Crippen molar-refractivity contribution in [1.29, 1.82) is 0 Å². The molecule has 0 aliphatic heterocycles. The van der Waals surface area contributed by atoms with Crippen LogP contribution < -0.4 is 0 Å². The summed E-state index contributed by atoms with van der Waals surface area (Å²) in [5.41, 5.74) is 0.474. The standard InChI is InChI=1S/C9H13N3O4/c1-6-4-11(10-8(6)12(14)15)5-7(2)9(13)16-3/h4,7H,5H2,1-3H3. The van der Waals surface area contributed by atoms with E-state index in [1.807, 2.05) is 0 Å². The molecule has 0 radical (unpaired) electrons. The minimum Gasteiger partial charge on any atom is -0.469 e. The molecule has 0 fully saturated rings. The van der Waals surface area contributed by atoms with Crippen LogP contribution in [-0.4, -0.2) is 27.8 Å². The first kappa shape index (κ1) is 12.2. The van der Waals surface area contributed by atoms with E-state index in [1.165, 1.54) is 18.0 Å². The Balaban J connectivity index is 2.79. The van der Waals surface area contributed by atoms with Crippen molar-refractivity contribution in [2.75, 3.05) is 7.11 Å². The molecule has 1 atom stereocenters. The predicted octanol–water partition coefficient (Wildman–Crippen LogP) is 0.909. The zero-order valence-corrected chi connectivity index (χ0v) is 9.34. The molecular formula is C9H13N3O4. The van der Waals surface area contributed by atoms with E-state index in [4.69, 9.17) is 0 Å². The lowest BCUT2D eigenvalue weighted by atomic mass is 10.2. The summed E-state index contributed by atoms with van der Waals surface area (Å²) in [4.78, 5) is 21.1. The van der Waals surface area contributed by atoms with Crippen molar-refractivity contribution in [3.63, 3.8) is 0 Å². The van der Waals surface area contributed by atoms with Gasteiger partial charge in [0.25, 0.3) is 0 Å². The smallest absolute Gasteiger partial charge is 0.392 e. The number of aryl methyl sites for hydroxylation is 1. The SMILES string of the molecule is COC(=O)C(C)Cn1cc(C)c([N+](=O)[O-])n1. The van der Waals surface area contributed by atoms with Crippen LogP contribution in [0.4, 0.5) is 5.82 Å². The predicted molar refractivity (Wildman–Crippen MR) is 54.8 cm³/mol. The normalized spacial score (nSPS) is 12.2. The molecule has 0 aliphatic rings. The zero-order chi connectivity index (χ0) is 12.3. The molecule has 0 saturated carbocycles. The first-order chi connectivity index (χ1) is 7.45. The van der Waals surface area contributed by atoms with E-state index in [2.05, 4.69) is 9.84 Å². The van der Waals surface area contributed by atoms with Crippen LogP contribution in [0, 0.1) is 23.0 Å². The third-order valence-electron chi connectivity index (χ3n) is 2.16. The van der Waals surface area contributed by atoms with Crippen LogP contribution in [0.25, 0.3) is 0 Å². The lowest BCUT2D eigenvalue weighted by Crippen LogP contribution is -2.19. The van der Waals surface area contributed by atoms with Crippen LogP contribution in [0.2, 0.25) is 0 Å². The molecule has 7 heteroatoms. The topological polar surface area (TPSA) is 87.3 Å². The fourth-order valence-electron chi connectivity index (χ4n) is 1.34. The fraction of sp³-hybridized carbons (Fsp3) is 0.556. The van der Waals surface area contributed by atoms with Gasteiger partial charge in [-0.15, -0.1) is 0 Å². The summed E-state index contributed by atoms with van der Waals surface area (Å²) >= 11 is 0. The minimum absolute atomic E-state index is 0.183. The van der Waals surface area contributed by atoms with Crippen molar-refractivity contribution in [2.24, 2.45) is 5.92 Å². The summed E-state index contributed by atoms with van der Waals surface area (Å²) in [6.07, 6.45) is 1.54. The lowest BCUT2D eigenvalue weighted by Gasteiger charge is -2.05. The highest BCUT2D eigenvalue weighted by Gasteiger charge is 2.21. The summed E-state index contributed by atoms with van der Waals surface area (Å²) in [5.74, 6) is -0.934. The van der Waals surface area contributed by atoms with E-state index in [0.29, 0.717) is 5.56 Å². The second-order valence-corrected chi connectivity index (χ2v) is 3.54. The van der Waals surface area contributed by atoms with Crippen molar-refractivity contribution in [2.45, 2.75) is 20.4 Å². The Morgan fingerprint density at radius 2 is 2.38 bits per heavy atom. The highest BCUT2D eigenvalue weighted by molar-refractivity contribution is 5.71. The second kappa shape index (κ2) is 4.73. The average molecular weight is 227 g/mol. The van der Waals surface area contributed by atoms with Gasteiger partial charge in [0.1, 0.15) is 0 Å².